The highest BCUT2D eigenvalue weighted by atomic mass is 32.1. The van der Waals surface area contributed by atoms with Crippen LogP contribution in [0, 0.1) is 0 Å². The molecule has 0 unspecified atom stereocenters. The molecule has 24 heavy (non-hydrogen) atoms. The van der Waals surface area contributed by atoms with Crippen molar-refractivity contribution in [3.05, 3.63) is 52.8 Å². The van der Waals surface area contributed by atoms with Gasteiger partial charge in [0, 0.05) is 31.0 Å². The zero-order valence-electron chi connectivity index (χ0n) is 13.0. The Morgan fingerprint density at radius 2 is 2.21 bits per heavy atom. The number of thiophene rings is 1. The van der Waals surface area contributed by atoms with E-state index in [9.17, 15) is 4.79 Å². The predicted octanol–water partition coefficient (Wildman–Crippen LogP) is 2.75. The van der Waals surface area contributed by atoms with Crippen LogP contribution >= 0.6 is 11.3 Å². The molecule has 4 heterocycles. The minimum atomic E-state index is 0.111. The monoisotopic (exact) mass is 340 g/mol. The van der Waals surface area contributed by atoms with Gasteiger partial charge in [0.1, 0.15) is 0 Å². The van der Waals surface area contributed by atoms with Gasteiger partial charge in [-0.3, -0.25) is 9.78 Å². The van der Waals surface area contributed by atoms with Gasteiger partial charge in [0.25, 0.3) is 0 Å². The molecule has 0 radical (unpaired) electrons. The van der Waals surface area contributed by atoms with Gasteiger partial charge in [-0.15, -0.1) is 0 Å². The predicted molar refractivity (Wildman–Crippen MR) is 89.5 cm³/mol. The van der Waals surface area contributed by atoms with Gasteiger partial charge in [0.2, 0.25) is 17.6 Å². The average molecular weight is 340 g/mol. The van der Waals surface area contributed by atoms with E-state index in [4.69, 9.17) is 4.52 Å². The molecule has 122 valence electrons. The molecule has 0 bridgehead atoms. The standard InChI is InChI=1S/C17H16N4O2S/c22-15(9-12-4-8-24-11-12)21-7-3-14(10-21)17-19-16(20-23-17)13-1-5-18-6-2-13/h1-2,4-6,8,11,14H,3,7,9-10H2/t14-/m0/s1. The number of rotatable bonds is 4. The highest BCUT2D eigenvalue weighted by Gasteiger charge is 2.31. The van der Waals surface area contributed by atoms with Gasteiger partial charge < -0.3 is 9.42 Å². The summed E-state index contributed by atoms with van der Waals surface area (Å²) in [6, 6.07) is 5.69. The lowest BCUT2D eigenvalue weighted by atomic mass is 10.1. The van der Waals surface area contributed by atoms with Gasteiger partial charge in [0.05, 0.1) is 12.3 Å². The molecule has 0 N–H and O–H groups in total. The molecular weight excluding hydrogens is 324 g/mol. The summed E-state index contributed by atoms with van der Waals surface area (Å²) in [7, 11) is 0. The van der Waals surface area contributed by atoms with Gasteiger partial charge in [-0.2, -0.15) is 16.3 Å². The summed E-state index contributed by atoms with van der Waals surface area (Å²) in [6.45, 7) is 1.38. The van der Waals surface area contributed by atoms with Crippen molar-refractivity contribution >= 4 is 17.2 Å². The Bertz CT molecular complexity index is 816. The molecule has 3 aromatic heterocycles. The molecule has 4 rings (SSSR count). The van der Waals surface area contributed by atoms with Gasteiger partial charge in [-0.25, -0.2) is 0 Å². The highest BCUT2D eigenvalue weighted by molar-refractivity contribution is 7.08. The fourth-order valence-electron chi connectivity index (χ4n) is 2.89. The topological polar surface area (TPSA) is 72.1 Å². The van der Waals surface area contributed by atoms with Crippen LogP contribution in [0.2, 0.25) is 0 Å². The van der Waals surface area contributed by atoms with Crippen molar-refractivity contribution in [2.75, 3.05) is 13.1 Å². The Morgan fingerprint density at radius 3 is 3.00 bits per heavy atom. The lowest BCUT2D eigenvalue weighted by Gasteiger charge is -2.15. The normalized spacial score (nSPS) is 17.3. The van der Waals surface area contributed by atoms with Crippen molar-refractivity contribution in [2.45, 2.75) is 18.8 Å². The van der Waals surface area contributed by atoms with E-state index in [1.165, 1.54) is 0 Å². The summed E-state index contributed by atoms with van der Waals surface area (Å²) in [5.74, 6) is 1.44. The number of likely N-dealkylation sites (tertiary alicyclic amines) is 1. The van der Waals surface area contributed by atoms with Gasteiger partial charge in [0.15, 0.2) is 0 Å². The second-order valence-electron chi connectivity index (χ2n) is 5.83. The Morgan fingerprint density at radius 1 is 1.33 bits per heavy atom. The molecular formula is C17H16N4O2S. The maximum atomic E-state index is 12.4. The fourth-order valence-corrected chi connectivity index (χ4v) is 3.56. The molecule has 6 nitrogen and oxygen atoms in total. The summed E-state index contributed by atoms with van der Waals surface area (Å²) in [5, 5.41) is 8.06. The molecule has 1 fully saturated rings. The molecule has 0 saturated carbocycles. The van der Waals surface area contributed by atoms with E-state index in [-0.39, 0.29) is 11.8 Å². The third-order valence-corrected chi connectivity index (χ3v) is 4.94. The maximum absolute atomic E-state index is 12.4. The first-order valence-electron chi connectivity index (χ1n) is 7.82. The number of carbonyl (C=O) groups excluding carboxylic acids is 1. The Balaban J connectivity index is 1.42. The van der Waals surface area contributed by atoms with Crippen molar-refractivity contribution in [1.82, 2.24) is 20.0 Å². The Kier molecular flexibility index (Phi) is 4.08. The largest absolute Gasteiger partial charge is 0.342 e. The number of aromatic nitrogens is 3. The number of hydrogen-bond donors (Lipinski definition) is 0. The van der Waals surface area contributed by atoms with Crippen LogP contribution in [0.1, 0.15) is 23.8 Å². The first kappa shape index (κ1) is 15.0. The Labute approximate surface area is 143 Å². The number of nitrogens with zero attached hydrogens (tertiary/aromatic N) is 4. The second kappa shape index (κ2) is 6.52. The quantitative estimate of drug-likeness (QED) is 0.730. The van der Waals surface area contributed by atoms with E-state index in [1.54, 1.807) is 23.7 Å². The minimum Gasteiger partial charge on any atom is -0.342 e. The fraction of sp³-hybridized carbons (Fsp3) is 0.294. The van der Waals surface area contributed by atoms with E-state index in [1.807, 2.05) is 33.9 Å². The lowest BCUT2D eigenvalue weighted by molar-refractivity contribution is -0.129. The van der Waals surface area contributed by atoms with Crippen LogP contribution in [-0.2, 0) is 11.2 Å². The van der Waals surface area contributed by atoms with Crippen LogP contribution in [0.4, 0.5) is 0 Å². The van der Waals surface area contributed by atoms with Crippen molar-refractivity contribution in [3.8, 4) is 11.4 Å². The summed E-state index contributed by atoms with van der Waals surface area (Å²) in [4.78, 5) is 22.7. The summed E-state index contributed by atoms with van der Waals surface area (Å²) >= 11 is 1.61. The highest BCUT2D eigenvalue weighted by Crippen LogP contribution is 2.28. The van der Waals surface area contributed by atoms with E-state index in [0.717, 1.165) is 24.1 Å². The Hall–Kier alpha value is -2.54. The van der Waals surface area contributed by atoms with E-state index >= 15 is 0 Å². The van der Waals surface area contributed by atoms with Crippen LogP contribution in [0.5, 0.6) is 0 Å². The molecule has 1 saturated heterocycles. The summed E-state index contributed by atoms with van der Waals surface area (Å²) in [5.41, 5.74) is 1.95. The van der Waals surface area contributed by atoms with Crippen LogP contribution in [0.3, 0.4) is 0 Å². The maximum Gasteiger partial charge on any atom is 0.231 e. The summed E-state index contributed by atoms with van der Waals surface area (Å²) in [6.07, 6.45) is 4.72. The smallest absolute Gasteiger partial charge is 0.231 e. The molecule has 0 aromatic carbocycles. The minimum absolute atomic E-state index is 0.111. The molecule has 3 aromatic rings. The zero-order chi connectivity index (χ0) is 16.4. The molecule has 1 aliphatic rings. The molecule has 1 atom stereocenters. The SMILES string of the molecule is O=C(Cc1ccsc1)N1CC[C@H](c2nc(-c3ccncc3)no2)C1. The van der Waals surface area contributed by atoms with Crippen LogP contribution in [-0.4, -0.2) is 39.0 Å². The van der Waals surface area contributed by atoms with Gasteiger partial charge in [-0.1, -0.05) is 5.16 Å². The number of carbonyl (C=O) groups is 1. The third kappa shape index (κ3) is 3.07. The molecule has 1 amide bonds. The lowest BCUT2D eigenvalue weighted by Crippen LogP contribution is -2.29. The van der Waals surface area contributed by atoms with Gasteiger partial charge >= 0.3 is 0 Å². The van der Waals surface area contributed by atoms with Crippen molar-refractivity contribution < 1.29 is 9.32 Å². The molecule has 1 aliphatic heterocycles. The zero-order valence-corrected chi connectivity index (χ0v) is 13.8. The first-order chi connectivity index (χ1) is 11.8. The molecule has 7 heteroatoms. The number of pyridine rings is 1. The van der Waals surface area contributed by atoms with Crippen LogP contribution < -0.4 is 0 Å². The van der Waals surface area contributed by atoms with E-state index < -0.39 is 0 Å². The van der Waals surface area contributed by atoms with E-state index in [2.05, 4.69) is 15.1 Å². The number of hydrogen-bond acceptors (Lipinski definition) is 6. The molecule has 0 spiro atoms. The average Bonchev–Trinajstić information content (AvgIpc) is 3.36. The van der Waals surface area contributed by atoms with Crippen molar-refractivity contribution in [2.24, 2.45) is 0 Å². The van der Waals surface area contributed by atoms with Crippen LogP contribution in [0.25, 0.3) is 11.4 Å². The van der Waals surface area contributed by atoms with Crippen molar-refractivity contribution in [1.29, 1.82) is 0 Å². The van der Waals surface area contributed by atoms with Crippen LogP contribution in [0.15, 0.2) is 45.9 Å². The molecule has 0 aliphatic carbocycles. The van der Waals surface area contributed by atoms with Gasteiger partial charge in [-0.05, 0) is 40.9 Å². The van der Waals surface area contributed by atoms with Crippen molar-refractivity contribution in [3.63, 3.8) is 0 Å². The van der Waals surface area contributed by atoms with E-state index in [0.29, 0.717) is 24.7 Å². The number of amides is 1. The third-order valence-electron chi connectivity index (χ3n) is 4.21. The second-order valence-corrected chi connectivity index (χ2v) is 6.61. The first-order valence-corrected chi connectivity index (χ1v) is 8.77. The summed E-state index contributed by atoms with van der Waals surface area (Å²) < 4.78 is 5.42.